The second-order valence-electron chi connectivity index (χ2n) is 5.74. The Hall–Kier alpha value is -3.55. The van der Waals surface area contributed by atoms with Crippen molar-refractivity contribution in [2.24, 2.45) is 0 Å². The summed E-state index contributed by atoms with van der Waals surface area (Å²) < 4.78 is 31.8. The molecule has 1 N–H and O–H groups in total. The van der Waals surface area contributed by atoms with Crippen LogP contribution in [-0.4, -0.2) is 40.7 Å². The maximum absolute atomic E-state index is 12.7. The van der Waals surface area contributed by atoms with E-state index in [1.54, 1.807) is 24.3 Å². The molecular weight excluding hydrogens is 368 g/mol. The van der Waals surface area contributed by atoms with Gasteiger partial charge in [-0.25, -0.2) is 4.79 Å². The normalized spacial score (nSPS) is 10.6. The van der Waals surface area contributed by atoms with Gasteiger partial charge in [-0.2, -0.15) is 0 Å². The minimum Gasteiger partial charge on any atom is -0.502 e. The fourth-order valence-electron chi connectivity index (χ4n) is 2.98. The highest BCUT2D eigenvalue weighted by Crippen LogP contribution is 2.44. The van der Waals surface area contributed by atoms with Crippen LogP contribution in [0.4, 0.5) is 0 Å². The molecule has 0 atom stereocenters. The molecule has 148 valence electrons. The van der Waals surface area contributed by atoms with Crippen LogP contribution in [0, 0.1) is 0 Å². The van der Waals surface area contributed by atoms with Gasteiger partial charge in [-0.05, 0) is 29.8 Å². The molecule has 0 aliphatic rings. The van der Waals surface area contributed by atoms with Gasteiger partial charge in [0.15, 0.2) is 22.8 Å². The quantitative estimate of drug-likeness (QED) is 0.643. The second kappa shape index (κ2) is 7.59. The van der Waals surface area contributed by atoms with Crippen molar-refractivity contribution in [2.75, 3.05) is 35.5 Å². The van der Waals surface area contributed by atoms with Crippen molar-refractivity contribution >= 4 is 11.0 Å². The molecule has 0 aliphatic heterocycles. The number of rotatable bonds is 6. The zero-order chi connectivity index (χ0) is 20.4. The van der Waals surface area contributed by atoms with Crippen molar-refractivity contribution in [1.29, 1.82) is 0 Å². The van der Waals surface area contributed by atoms with Crippen LogP contribution in [0.1, 0.15) is 0 Å². The highest BCUT2D eigenvalue weighted by Gasteiger charge is 2.21. The number of ether oxygens (including phenoxy) is 5. The highest BCUT2D eigenvalue weighted by atomic mass is 16.5. The summed E-state index contributed by atoms with van der Waals surface area (Å²) in [6, 6.07) is 6.46. The SMILES string of the molecule is COc1cc2cc(-c3cc(OC)c(OC)c(OC)c3)c(=O)oc2c(OC)c1O. The molecule has 0 amide bonds. The Balaban J connectivity index is 2.31. The molecule has 8 nitrogen and oxygen atoms in total. The van der Waals surface area contributed by atoms with Gasteiger partial charge in [0.1, 0.15) is 0 Å². The first-order chi connectivity index (χ1) is 13.5. The van der Waals surface area contributed by atoms with E-state index >= 15 is 0 Å². The summed E-state index contributed by atoms with van der Waals surface area (Å²) in [5.74, 6) is 1.17. The third-order valence-electron chi connectivity index (χ3n) is 4.32. The van der Waals surface area contributed by atoms with Crippen molar-refractivity contribution in [3.8, 4) is 45.6 Å². The summed E-state index contributed by atoms with van der Waals surface area (Å²) >= 11 is 0. The number of hydrogen-bond donors (Lipinski definition) is 1. The zero-order valence-corrected chi connectivity index (χ0v) is 16.1. The molecule has 0 spiro atoms. The van der Waals surface area contributed by atoms with E-state index in [2.05, 4.69) is 0 Å². The van der Waals surface area contributed by atoms with E-state index in [4.69, 9.17) is 28.1 Å². The zero-order valence-electron chi connectivity index (χ0n) is 16.1. The van der Waals surface area contributed by atoms with E-state index in [0.29, 0.717) is 28.2 Å². The summed E-state index contributed by atoms with van der Waals surface area (Å²) in [7, 11) is 7.25. The molecule has 2 aromatic carbocycles. The van der Waals surface area contributed by atoms with Crippen molar-refractivity contribution in [2.45, 2.75) is 0 Å². The molecular formula is C20H20O8. The average Bonchev–Trinajstić information content (AvgIpc) is 2.71. The summed E-state index contributed by atoms with van der Waals surface area (Å²) in [5, 5.41) is 10.7. The maximum Gasteiger partial charge on any atom is 0.344 e. The third-order valence-corrected chi connectivity index (χ3v) is 4.32. The lowest BCUT2D eigenvalue weighted by molar-refractivity contribution is 0.324. The number of aromatic hydroxyl groups is 1. The molecule has 1 aromatic heterocycles. The lowest BCUT2D eigenvalue weighted by Crippen LogP contribution is -2.05. The molecule has 3 aromatic rings. The Bertz CT molecular complexity index is 1060. The van der Waals surface area contributed by atoms with Crippen LogP contribution in [0.5, 0.6) is 34.5 Å². The fourth-order valence-corrected chi connectivity index (χ4v) is 2.98. The van der Waals surface area contributed by atoms with Gasteiger partial charge >= 0.3 is 5.63 Å². The number of phenols is 1. The van der Waals surface area contributed by atoms with Gasteiger partial charge in [0, 0.05) is 5.39 Å². The van der Waals surface area contributed by atoms with E-state index in [1.807, 2.05) is 0 Å². The first kappa shape index (κ1) is 19.2. The van der Waals surface area contributed by atoms with Gasteiger partial charge < -0.3 is 33.2 Å². The van der Waals surface area contributed by atoms with Crippen LogP contribution in [-0.2, 0) is 0 Å². The largest absolute Gasteiger partial charge is 0.502 e. The van der Waals surface area contributed by atoms with E-state index in [1.165, 1.54) is 35.5 Å². The molecule has 1 heterocycles. The topological polar surface area (TPSA) is 96.6 Å². The Kier molecular flexibility index (Phi) is 5.21. The predicted molar refractivity (Wildman–Crippen MR) is 102 cm³/mol. The first-order valence-electron chi connectivity index (χ1n) is 8.21. The van der Waals surface area contributed by atoms with E-state index in [0.717, 1.165) is 0 Å². The molecule has 8 heteroatoms. The number of methoxy groups -OCH3 is 5. The molecule has 28 heavy (non-hydrogen) atoms. The number of benzene rings is 2. The molecule has 0 fully saturated rings. The molecule has 0 bridgehead atoms. The maximum atomic E-state index is 12.7. The van der Waals surface area contributed by atoms with Crippen LogP contribution in [0.2, 0.25) is 0 Å². The van der Waals surface area contributed by atoms with Gasteiger partial charge in [0.05, 0.1) is 41.1 Å². The summed E-state index contributed by atoms with van der Waals surface area (Å²) in [4.78, 5) is 12.7. The van der Waals surface area contributed by atoms with Gasteiger partial charge in [0.25, 0.3) is 0 Å². The number of hydrogen-bond acceptors (Lipinski definition) is 8. The standard InChI is InChI=1S/C20H20O8/c1-23-13-9-11-6-12(20(22)28-17(11)19(27-5)16(13)21)10-7-14(24-2)18(26-4)15(8-10)25-3/h6-9,21H,1-5H3. The Labute approximate surface area is 160 Å². The smallest absolute Gasteiger partial charge is 0.344 e. The summed E-state index contributed by atoms with van der Waals surface area (Å²) in [6.45, 7) is 0. The van der Waals surface area contributed by atoms with Crippen LogP contribution in [0.25, 0.3) is 22.1 Å². The lowest BCUT2D eigenvalue weighted by Gasteiger charge is -2.14. The Morgan fingerprint density at radius 2 is 1.32 bits per heavy atom. The van der Waals surface area contributed by atoms with Crippen molar-refractivity contribution < 1.29 is 33.2 Å². The lowest BCUT2D eigenvalue weighted by atomic mass is 10.0. The second-order valence-corrected chi connectivity index (χ2v) is 5.74. The Morgan fingerprint density at radius 1 is 0.750 bits per heavy atom. The van der Waals surface area contributed by atoms with Gasteiger partial charge in [0.2, 0.25) is 17.2 Å². The van der Waals surface area contributed by atoms with Gasteiger partial charge in [-0.3, -0.25) is 0 Å². The molecule has 3 rings (SSSR count). The predicted octanol–water partition coefficient (Wildman–Crippen LogP) is 3.21. The van der Waals surface area contributed by atoms with Crippen molar-refractivity contribution in [3.63, 3.8) is 0 Å². The van der Waals surface area contributed by atoms with Crippen LogP contribution in [0.3, 0.4) is 0 Å². The third kappa shape index (κ3) is 3.02. The van der Waals surface area contributed by atoms with Gasteiger partial charge in [-0.15, -0.1) is 0 Å². The monoisotopic (exact) mass is 388 g/mol. The van der Waals surface area contributed by atoms with E-state index in [-0.39, 0.29) is 28.4 Å². The fraction of sp³-hybridized carbons (Fsp3) is 0.250. The minimum atomic E-state index is -0.621. The molecule has 0 saturated heterocycles. The minimum absolute atomic E-state index is 0.0166. The highest BCUT2D eigenvalue weighted by molar-refractivity contribution is 5.90. The summed E-state index contributed by atoms with van der Waals surface area (Å²) in [5.41, 5.74) is 0.268. The van der Waals surface area contributed by atoms with Crippen LogP contribution in [0.15, 0.2) is 33.5 Å². The van der Waals surface area contributed by atoms with E-state index < -0.39 is 5.63 Å². The first-order valence-corrected chi connectivity index (χ1v) is 8.21. The van der Waals surface area contributed by atoms with Gasteiger partial charge in [-0.1, -0.05) is 0 Å². The molecule has 0 saturated carbocycles. The molecule has 0 unspecified atom stereocenters. The van der Waals surface area contributed by atoms with Crippen molar-refractivity contribution in [1.82, 2.24) is 0 Å². The van der Waals surface area contributed by atoms with Crippen LogP contribution < -0.4 is 29.3 Å². The van der Waals surface area contributed by atoms with E-state index in [9.17, 15) is 9.90 Å². The number of fused-ring (bicyclic) bond motifs is 1. The summed E-state index contributed by atoms with van der Waals surface area (Å²) in [6.07, 6.45) is 0. The van der Waals surface area contributed by atoms with Crippen LogP contribution >= 0.6 is 0 Å². The number of phenolic OH excluding ortho intramolecular Hbond substituents is 1. The molecule has 0 aliphatic carbocycles. The Morgan fingerprint density at radius 3 is 1.82 bits per heavy atom. The molecule has 0 radical (unpaired) electrons. The van der Waals surface area contributed by atoms with Crippen molar-refractivity contribution in [3.05, 3.63) is 34.7 Å². The average molecular weight is 388 g/mol.